The minimum absolute atomic E-state index is 0.158. The SMILES string of the molecule is CC[C@H]1OC(=O)[C@H](C)[C@@H](OC2C[C@@](C)(OC)[C@@H](O)[C@H](C)O2)[C@H](C)[C@@H](O[C@@H]2O[C@H](C)C=C[C@H]2O)C(C)(C)C[C@@H](C)/C(=N/O)[C@H](C)[C@@H](O)[C@]1(C)O. The zero-order valence-corrected chi connectivity index (χ0v) is 31.4. The first kappa shape index (κ1) is 41.7. The highest BCUT2D eigenvalue weighted by molar-refractivity contribution is 5.88. The predicted molar refractivity (Wildman–Crippen MR) is 181 cm³/mol. The smallest absolute Gasteiger partial charge is 0.311 e. The summed E-state index contributed by atoms with van der Waals surface area (Å²) >= 11 is 0. The number of aliphatic hydroxyl groups excluding tert-OH is 3. The lowest BCUT2D eigenvalue weighted by molar-refractivity contribution is -0.306. The molecule has 2 saturated heterocycles. The van der Waals surface area contributed by atoms with E-state index in [9.17, 15) is 30.4 Å². The van der Waals surface area contributed by atoms with E-state index >= 15 is 0 Å². The van der Waals surface area contributed by atoms with E-state index in [0.717, 1.165) is 0 Å². The zero-order chi connectivity index (χ0) is 37.2. The third-order valence-electron chi connectivity index (χ3n) is 11.2. The number of esters is 1. The Hall–Kier alpha value is -1.68. The van der Waals surface area contributed by atoms with Crippen LogP contribution in [0.1, 0.15) is 95.4 Å². The molecular weight excluding hydrogens is 638 g/mol. The van der Waals surface area contributed by atoms with E-state index in [1.165, 1.54) is 14.0 Å². The van der Waals surface area contributed by atoms with Crippen molar-refractivity contribution >= 4 is 11.7 Å². The van der Waals surface area contributed by atoms with Gasteiger partial charge in [-0.15, -0.1) is 0 Å². The Morgan fingerprint density at radius 2 is 1.55 bits per heavy atom. The molecule has 0 aromatic rings. The number of aliphatic hydroxyl groups is 4. The third-order valence-corrected chi connectivity index (χ3v) is 11.2. The molecule has 1 unspecified atom stereocenters. The summed E-state index contributed by atoms with van der Waals surface area (Å²) in [5, 5.41) is 58.7. The molecule has 2 fully saturated rings. The molecule has 3 heterocycles. The van der Waals surface area contributed by atoms with Gasteiger partial charge in [0, 0.05) is 25.4 Å². The molecule has 0 bridgehead atoms. The van der Waals surface area contributed by atoms with Gasteiger partial charge in [0.05, 0.1) is 47.8 Å². The highest BCUT2D eigenvalue weighted by Crippen LogP contribution is 2.43. The van der Waals surface area contributed by atoms with Crippen molar-refractivity contribution in [1.82, 2.24) is 0 Å². The van der Waals surface area contributed by atoms with E-state index in [4.69, 9.17) is 28.4 Å². The standard InChI is InChI=1S/C36H63NO12/c1-13-25-36(11,42)29(39)20(4)27(37-43)18(2)16-34(8,9)31(49-33-24(38)15-14-19(3)45-33)21(5)28(22(6)32(41)47-25)48-26-17-35(10,44-12)30(40)23(7)46-26/h14-15,18-26,28-31,33,38-40,42-43H,13,16-17H2,1-12H3/b37-27-/t18-,19-,20+,21+,22-,23+,24-,25-,26?,28+,29-,30+,31-,33+,35-,36-/m1/s1. The average Bonchev–Trinajstić information content (AvgIpc) is 3.03. The number of carbonyl (C=O) groups excluding carboxylic acids is 1. The van der Waals surface area contributed by atoms with Gasteiger partial charge in [-0.2, -0.15) is 0 Å². The monoisotopic (exact) mass is 701 g/mol. The molecular formula is C36H63NO12. The Kier molecular flexibility index (Phi) is 13.9. The Bertz CT molecular complexity index is 1160. The normalized spacial score (nSPS) is 48.2. The number of cyclic esters (lactones) is 1. The van der Waals surface area contributed by atoms with E-state index in [1.807, 2.05) is 34.6 Å². The van der Waals surface area contributed by atoms with Crippen molar-refractivity contribution in [3.63, 3.8) is 0 Å². The van der Waals surface area contributed by atoms with Crippen molar-refractivity contribution in [3.8, 4) is 0 Å². The van der Waals surface area contributed by atoms with E-state index in [-0.39, 0.29) is 24.7 Å². The van der Waals surface area contributed by atoms with E-state index in [2.05, 4.69) is 5.16 Å². The number of rotatable bonds is 6. The third kappa shape index (κ3) is 9.04. The predicted octanol–water partition coefficient (Wildman–Crippen LogP) is 3.56. The van der Waals surface area contributed by atoms with Crippen molar-refractivity contribution in [2.45, 2.75) is 168 Å². The second-order valence-electron chi connectivity index (χ2n) is 15.7. The zero-order valence-electron chi connectivity index (χ0n) is 31.4. The van der Waals surface area contributed by atoms with Gasteiger partial charge in [-0.3, -0.25) is 4.79 Å². The number of methoxy groups -OCH3 is 1. The summed E-state index contributed by atoms with van der Waals surface area (Å²) in [5.74, 6) is -3.42. The van der Waals surface area contributed by atoms with Crippen LogP contribution in [-0.2, 0) is 33.2 Å². The minimum atomic E-state index is -1.90. The van der Waals surface area contributed by atoms with Gasteiger partial charge in [0.25, 0.3) is 0 Å². The molecule has 49 heavy (non-hydrogen) atoms. The quantitative estimate of drug-likeness (QED) is 0.118. The molecule has 3 aliphatic heterocycles. The van der Waals surface area contributed by atoms with Crippen molar-refractivity contribution in [1.29, 1.82) is 0 Å². The lowest BCUT2D eigenvalue weighted by Crippen LogP contribution is -2.59. The van der Waals surface area contributed by atoms with Gasteiger partial charge in [0.15, 0.2) is 12.6 Å². The molecule has 0 saturated carbocycles. The van der Waals surface area contributed by atoms with Gasteiger partial charge in [0.1, 0.15) is 23.9 Å². The van der Waals surface area contributed by atoms with Crippen LogP contribution in [0.3, 0.4) is 0 Å². The van der Waals surface area contributed by atoms with Gasteiger partial charge >= 0.3 is 5.97 Å². The molecule has 0 amide bonds. The summed E-state index contributed by atoms with van der Waals surface area (Å²) in [6, 6.07) is 0. The average molecular weight is 702 g/mol. The van der Waals surface area contributed by atoms with Gasteiger partial charge in [-0.1, -0.05) is 58.9 Å². The van der Waals surface area contributed by atoms with E-state index < -0.39 is 102 Å². The van der Waals surface area contributed by atoms with Crippen molar-refractivity contribution in [3.05, 3.63) is 12.2 Å². The van der Waals surface area contributed by atoms with Crippen molar-refractivity contribution in [2.75, 3.05) is 7.11 Å². The number of hydrogen-bond donors (Lipinski definition) is 5. The molecule has 0 aliphatic carbocycles. The Morgan fingerprint density at radius 1 is 0.918 bits per heavy atom. The summed E-state index contributed by atoms with van der Waals surface area (Å²) in [6.07, 6.45) is -5.02. The van der Waals surface area contributed by atoms with Crippen LogP contribution < -0.4 is 0 Å². The van der Waals surface area contributed by atoms with Crippen LogP contribution in [0.25, 0.3) is 0 Å². The van der Waals surface area contributed by atoms with Crippen LogP contribution in [-0.4, -0.2) is 117 Å². The number of carbonyl (C=O) groups is 1. The maximum Gasteiger partial charge on any atom is 0.311 e. The molecule has 3 rings (SSSR count). The Balaban J connectivity index is 2.18. The number of oxime groups is 1. The molecule has 0 aromatic heterocycles. The lowest BCUT2D eigenvalue weighted by Gasteiger charge is -2.48. The van der Waals surface area contributed by atoms with Gasteiger partial charge < -0.3 is 54.1 Å². The Morgan fingerprint density at radius 3 is 2.12 bits per heavy atom. The second-order valence-corrected chi connectivity index (χ2v) is 15.7. The Labute approximate surface area is 291 Å². The van der Waals surface area contributed by atoms with Crippen LogP contribution in [0.4, 0.5) is 0 Å². The van der Waals surface area contributed by atoms with Crippen LogP contribution in [0, 0.1) is 29.1 Å². The molecule has 13 nitrogen and oxygen atoms in total. The van der Waals surface area contributed by atoms with Crippen LogP contribution >= 0.6 is 0 Å². The van der Waals surface area contributed by atoms with Crippen molar-refractivity contribution in [2.24, 2.45) is 34.2 Å². The molecule has 0 aromatic carbocycles. The molecule has 5 N–H and O–H groups in total. The van der Waals surface area contributed by atoms with Crippen LogP contribution in [0.2, 0.25) is 0 Å². The van der Waals surface area contributed by atoms with Gasteiger partial charge in [-0.25, -0.2) is 0 Å². The van der Waals surface area contributed by atoms with E-state index in [0.29, 0.717) is 6.42 Å². The first-order valence-corrected chi connectivity index (χ1v) is 17.7. The first-order chi connectivity index (χ1) is 22.6. The summed E-state index contributed by atoms with van der Waals surface area (Å²) in [7, 11) is 1.51. The molecule has 0 spiro atoms. The first-order valence-electron chi connectivity index (χ1n) is 17.7. The molecule has 284 valence electrons. The molecule has 13 heteroatoms. The fourth-order valence-electron chi connectivity index (χ4n) is 8.12. The van der Waals surface area contributed by atoms with Crippen LogP contribution in [0.15, 0.2) is 17.3 Å². The number of ether oxygens (including phenoxy) is 6. The van der Waals surface area contributed by atoms with Crippen LogP contribution in [0.5, 0.6) is 0 Å². The maximum absolute atomic E-state index is 14.1. The fourth-order valence-corrected chi connectivity index (χ4v) is 8.12. The molecule has 16 atom stereocenters. The number of hydrogen-bond acceptors (Lipinski definition) is 13. The fraction of sp³-hybridized carbons (Fsp3) is 0.889. The molecule has 0 radical (unpaired) electrons. The minimum Gasteiger partial charge on any atom is -0.459 e. The van der Waals surface area contributed by atoms with E-state index in [1.54, 1.807) is 46.8 Å². The van der Waals surface area contributed by atoms with Gasteiger partial charge in [0.2, 0.25) is 0 Å². The summed E-state index contributed by atoms with van der Waals surface area (Å²) < 4.78 is 37.2. The lowest BCUT2D eigenvalue weighted by atomic mass is 9.69. The van der Waals surface area contributed by atoms with Gasteiger partial charge in [-0.05, 0) is 58.8 Å². The molecule has 3 aliphatic rings. The van der Waals surface area contributed by atoms with Crippen molar-refractivity contribution < 1.29 is 58.8 Å². The summed E-state index contributed by atoms with van der Waals surface area (Å²) in [5.41, 5.74) is -3.39. The highest BCUT2D eigenvalue weighted by Gasteiger charge is 2.52. The summed E-state index contributed by atoms with van der Waals surface area (Å²) in [6.45, 7) is 19.5. The largest absolute Gasteiger partial charge is 0.459 e. The maximum atomic E-state index is 14.1. The summed E-state index contributed by atoms with van der Waals surface area (Å²) in [4.78, 5) is 14.1. The topological polar surface area (TPSA) is 186 Å². The highest BCUT2D eigenvalue weighted by atomic mass is 16.7. The number of nitrogens with zero attached hydrogens (tertiary/aromatic N) is 1. The second kappa shape index (κ2) is 16.3.